The van der Waals surface area contributed by atoms with Crippen LogP contribution in [-0.2, 0) is 13.2 Å². The summed E-state index contributed by atoms with van der Waals surface area (Å²) in [5.74, 6) is 1.10. The van der Waals surface area contributed by atoms with E-state index in [-0.39, 0.29) is 5.82 Å². The van der Waals surface area contributed by atoms with E-state index in [1.807, 2.05) is 25.2 Å². The maximum Gasteiger partial charge on any atom is 0.166 e. The van der Waals surface area contributed by atoms with Crippen LogP contribution >= 0.6 is 15.9 Å². The van der Waals surface area contributed by atoms with E-state index in [9.17, 15) is 4.39 Å². The van der Waals surface area contributed by atoms with Crippen molar-refractivity contribution in [2.75, 3.05) is 14.2 Å². The highest BCUT2D eigenvalue weighted by Gasteiger charge is 2.11. The van der Waals surface area contributed by atoms with Gasteiger partial charge in [0.25, 0.3) is 0 Å². The summed E-state index contributed by atoms with van der Waals surface area (Å²) >= 11 is 3.34. The molecule has 21 heavy (non-hydrogen) atoms. The highest BCUT2D eigenvalue weighted by molar-refractivity contribution is 9.10. The van der Waals surface area contributed by atoms with Gasteiger partial charge in [-0.3, -0.25) is 0 Å². The zero-order chi connectivity index (χ0) is 15.2. The quantitative estimate of drug-likeness (QED) is 0.854. The van der Waals surface area contributed by atoms with Crippen LogP contribution < -0.4 is 14.8 Å². The molecular formula is C16H17BrFNO2. The second-order valence-corrected chi connectivity index (χ2v) is 5.36. The Balaban J connectivity index is 2.22. The van der Waals surface area contributed by atoms with Crippen LogP contribution in [-0.4, -0.2) is 14.2 Å². The average Bonchev–Trinajstić information content (AvgIpc) is 2.47. The smallest absolute Gasteiger partial charge is 0.166 e. The number of hydrogen-bond acceptors (Lipinski definition) is 3. The summed E-state index contributed by atoms with van der Waals surface area (Å²) < 4.78 is 25.0. The van der Waals surface area contributed by atoms with Crippen LogP contribution in [0.2, 0.25) is 0 Å². The fourth-order valence-corrected chi connectivity index (χ4v) is 2.47. The number of para-hydroxylation sites is 1. The number of halogens is 2. The zero-order valence-corrected chi connectivity index (χ0v) is 13.5. The summed E-state index contributed by atoms with van der Waals surface area (Å²) in [5.41, 5.74) is 1.88. The van der Waals surface area contributed by atoms with Gasteiger partial charge < -0.3 is 14.8 Å². The molecule has 0 spiro atoms. The van der Waals surface area contributed by atoms with Gasteiger partial charge >= 0.3 is 0 Å². The van der Waals surface area contributed by atoms with Crippen molar-refractivity contribution in [2.24, 2.45) is 0 Å². The minimum atomic E-state index is -0.279. The van der Waals surface area contributed by atoms with Gasteiger partial charge in [-0.15, -0.1) is 0 Å². The number of rotatable bonds is 6. The predicted molar refractivity (Wildman–Crippen MR) is 84.2 cm³/mol. The van der Waals surface area contributed by atoms with E-state index in [2.05, 4.69) is 21.2 Å². The highest BCUT2D eigenvalue weighted by atomic mass is 79.9. The highest BCUT2D eigenvalue weighted by Crippen LogP contribution is 2.32. The minimum Gasteiger partial charge on any atom is -0.493 e. The third kappa shape index (κ3) is 3.95. The van der Waals surface area contributed by atoms with Crippen molar-refractivity contribution in [1.29, 1.82) is 0 Å². The van der Waals surface area contributed by atoms with E-state index in [0.29, 0.717) is 29.1 Å². The summed E-state index contributed by atoms with van der Waals surface area (Å²) in [5, 5.41) is 3.10. The van der Waals surface area contributed by atoms with Gasteiger partial charge in [0.05, 0.1) is 7.11 Å². The lowest BCUT2D eigenvalue weighted by molar-refractivity contribution is 0.280. The Labute approximate surface area is 132 Å². The first-order valence-electron chi connectivity index (χ1n) is 6.53. The second-order valence-electron chi connectivity index (χ2n) is 4.50. The van der Waals surface area contributed by atoms with Crippen LogP contribution in [0.4, 0.5) is 4.39 Å². The van der Waals surface area contributed by atoms with E-state index in [1.165, 1.54) is 12.1 Å². The van der Waals surface area contributed by atoms with Gasteiger partial charge in [0.1, 0.15) is 12.4 Å². The first-order valence-corrected chi connectivity index (χ1v) is 7.32. The molecular weight excluding hydrogens is 337 g/mol. The normalized spacial score (nSPS) is 10.5. The number of nitrogens with one attached hydrogen (secondary N) is 1. The maximum absolute atomic E-state index is 13.1. The fraction of sp³-hybridized carbons (Fsp3) is 0.250. The van der Waals surface area contributed by atoms with Gasteiger partial charge in [0.2, 0.25) is 0 Å². The molecule has 0 atom stereocenters. The zero-order valence-electron chi connectivity index (χ0n) is 12.0. The van der Waals surface area contributed by atoms with Gasteiger partial charge in [0.15, 0.2) is 11.5 Å². The van der Waals surface area contributed by atoms with E-state index in [1.54, 1.807) is 13.2 Å². The Morgan fingerprint density at radius 2 is 2.00 bits per heavy atom. The fourth-order valence-electron chi connectivity index (χ4n) is 2.00. The molecule has 2 aromatic carbocycles. The Morgan fingerprint density at radius 1 is 1.19 bits per heavy atom. The SMILES string of the molecule is CNCc1cccc(OC)c1OCc1ccc(F)cc1Br. The van der Waals surface area contributed by atoms with Gasteiger partial charge in [-0.1, -0.05) is 34.1 Å². The molecule has 0 aliphatic rings. The third-order valence-electron chi connectivity index (χ3n) is 3.03. The van der Waals surface area contributed by atoms with E-state index in [4.69, 9.17) is 9.47 Å². The van der Waals surface area contributed by atoms with Gasteiger partial charge in [-0.2, -0.15) is 0 Å². The number of ether oxygens (including phenoxy) is 2. The van der Waals surface area contributed by atoms with Crippen molar-refractivity contribution in [2.45, 2.75) is 13.2 Å². The predicted octanol–water partition coefficient (Wildman–Crippen LogP) is 3.90. The molecule has 0 fully saturated rings. The number of hydrogen-bond donors (Lipinski definition) is 1. The van der Waals surface area contributed by atoms with E-state index >= 15 is 0 Å². The van der Waals surface area contributed by atoms with Crippen molar-refractivity contribution >= 4 is 15.9 Å². The average molecular weight is 354 g/mol. The molecule has 5 heteroatoms. The molecule has 0 saturated heterocycles. The summed E-state index contributed by atoms with van der Waals surface area (Å²) in [7, 11) is 3.49. The topological polar surface area (TPSA) is 30.5 Å². The molecule has 0 bridgehead atoms. The van der Waals surface area contributed by atoms with Gasteiger partial charge in [-0.25, -0.2) is 4.39 Å². The Bertz CT molecular complexity index is 619. The lowest BCUT2D eigenvalue weighted by Gasteiger charge is -2.15. The van der Waals surface area contributed by atoms with Crippen molar-refractivity contribution in [3.8, 4) is 11.5 Å². The molecule has 0 unspecified atom stereocenters. The molecule has 0 radical (unpaired) electrons. The molecule has 0 amide bonds. The molecule has 0 heterocycles. The molecule has 3 nitrogen and oxygen atoms in total. The third-order valence-corrected chi connectivity index (χ3v) is 3.77. The van der Waals surface area contributed by atoms with Crippen molar-refractivity contribution < 1.29 is 13.9 Å². The minimum absolute atomic E-state index is 0.279. The molecule has 2 rings (SSSR count). The van der Waals surface area contributed by atoms with Crippen LogP contribution in [0.5, 0.6) is 11.5 Å². The lowest BCUT2D eigenvalue weighted by Crippen LogP contribution is -2.08. The van der Waals surface area contributed by atoms with E-state index in [0.717, 1.165) is 11.1 Å². The monoisotopic (exact) mass is 353 g/mol. The standard InChI is InChI=1S/C16H17BrFNO2/c1-19-9-11-4-3-5-15(20-2)16(11)21-10-12-6-7-13(18)8-14(12)17/h3-8,19H,9-10H2,1-2H3. The largest absolute Gasteiger partial charge is 0.493 e. The first kappa shape index (κ1) is 15.8. The molecule has 2 aromatic rings. The Morgan fingerprint density at radius 3 is 2.67 bits per heavy atom. The van der Waals surface area contributed by atoms with Crippen LogP contribution in [0, 0.1) is 5.82 Å². The summed E-state index contributed by atoms with van der Waals surface area (Å²) in [4.78, 5) is 0. The summed E-state index contributed by atoms with van der Waals surface area (Å²) in [6.07, 6.45) is 0. The van der Waals surface area contributed by atoms with Crippen LogP contribution in [0.25, 0.3) is 0 Å². The summed E-state index contributed by atoms with van der Waals surface area (Å²) in [6.45, 7) is 1.01. The molecule has 0 aliphatic heterocycles. The van der Waals surface area contributed by atoms with Crippen LogP contribution in [0.1, 0.15) is 11.1 Å². The van der Waals surface area contributed by atoms with Crippen LogP contribution in [0.3, 0.4) is 0 Å². The molecule has 0 aromatic heterocycles. The van der Waals surface area contributed by atoms with Crippen LogP contribution in [0.15, 0.2) is 40.9 Å². The summed E-state index contributed by atoms with van der Waals surface area (Å²) in [6, 6.07) is 10.3. The number of benzene rings is 2. The number of methoxy groups -OCH3 is 1. The lowest BCUT2D eigenvalue weighted by atomic mass is 10.1. The van der Waals surface area contributed by atoms with Gasteiger partial charge in [0, 0.05) is 22.1 Å². The second kappa shape index (κ2) is 7.43. The van der Waals surface area contributed by atoms with Crippen molar-refractivity contribution in [3.63, 3.8) is 0 Å². The molecule has 1 N–H and O–H groups in total. The Hall–Kier alpha value is -1.59. The van der Waals surface area contributed by atoms with E-state index < -0.39 is 0 Å². The van der Waals surface area contributed by atoms with Gasteiger partial charge in [-0.05, 0) is 25.2 Å². The van der Waals surface area contributed by atoms with Crippen molar-refractivity contribution in [1.82, 2.24) is 5.32 Å². The first-order chi connectivity index (χ1) is 10.2. The molecule has 0 saturated carbocycles. The molecule has 112 valence electrons. The maximum atomic E-state index is 13.1. The van der Waals surface area contributed by atoms with Crippen molar-refractivity contribution in [3.05, 3.63) is 57.8 Å². The molecule has 0 aliphatic carbocycles. The Kier molecular flexibility index (Phi) is 5.59.